The van der Waals surface area contributed by atoms with Gasteiger partial charge in [-0.25, -0.2) is 12.8 Å². The van der Waals surface area contributed by atoms with Crippen molar-refractivity contribution in [1.29, 1.82) is 0 Å². The Hall–Kier alpha value is -0.700. The summed E-state index contributed by atoms with van der Waals surface area (Å²) in [7, 11) is -3.96. The van der Waals surface area contributed by atoms with Gasteiger partial charge in [0, 0.05) is 18.8 Å². The van der Waals surface area contributed by atoms with Crippen LogP contribution >= 0.6 is 15.9 Å². The van der Waals surface area contributed by atoms with Crippen LogP contribution in [0.1, 0.15) is 6.42 Å². The molecule has 1 aromatic rings. The highest BCUT2D eigenvalue weighted by atomic mass is 79.9. The van der Waals surface area contributed by atoms with Crippen molar-refractivity contribution in [3.8, 4) is 0 Å². The van der Waals surface area contributed by atoms with Gasteiger partial charge in [-0.3, -0.25) is 0 Å². The number of benzene rings is 1. The number of nitrogens with two attached hydrogens (primary N) is 1. The Labute approximate surface area is 113 Å². The maximum atomic E-state index is 13.9. The van der Waals surface area contributed by atoms with Crippen LogP contribution in [0.15, 0.2) is 21.5 Å². The summed E-state index contributed by atoms with van der Waals surface area (Å²) in [6.45, 7) is 0.156. The second-order valence-electron chi connectivity index (χ2n) is 4.12. The molecule has 5 nitrogen and oxygen atoms in total. The Morgan fingerprint density at radius 3 is 2.72 bits per heavy atom. The number of aliphatic hydroxyl groups is 1. The van der Waals surface area contributed by atoms with Crippen LogP contribution in [0, 0.1) is 5.82 Å². The molecule has 1 aromatic carbocycles. The van der Waals surface area contributed by atoms with Gasteiger partial charge in [0.25, 0.3) is 0 Å². The van der Waals surface area contributed by atoms with Crippen LogP contribution in [0.3, 0.4) is 0 Å². The molecule has 0 bridgehead atoms. The van der Waals surface area contributed by atoms with Crippen molar-refractivity contribution >= 4 is 31.6 Å². The zero-order chi connectivity index (χ0) is 13.5. The zero-order valence-electron chi connectivity index (χ0n) is 9.31. The minimum Gasteiger partial charge on any atom is -0.399 e. The molecule has 100 valence electrons. The van der Waals surface area contributed by atoms with E-state index in [2.05, 4.69) is 15.9 Å². The molecule has 0 spiro atoms. The molecule has 0 amide bonds. The van der Waals surface area contributed by atoms with E-state index >= 15 is 0 Å². The summed E-state index contributed by atoms with van der Waals surface area (Å²) in [6.07, 6.45) is -0.350. The third-order valence-corrected chi connectivity index (χ3v) is 5.20. The van der Waals surface area contributed by atoms with Crippen LogP contribution in [0.25, 0.3) is 0 Å². The second kappa shape index (κ2) is 4.76. The van der Waals surface area contributed by atoms with Gasteiger partial charge in [-0.1, -0.05) is 0 Å². The van der Waals surface area contributed by atoms with Crippen LogP contribution in [0.4, 0.5) is 10.1 Å². The minimum absolute atomic E-state index is 0.000760. The van der Waals surface area contributed by atoms with E-state index in [1.807, 2.05) is 0 Å². The van der Waals surface area contributed by atoms with Crippen LogP contribution < -0.4 is 5.73 Å². The quantitative estimate of drug-likeness (QED) is 0.785. The van der Waals surface area contributed by atoms with Crippen LogP contribution in [0.2, 0.25) is 0 Å². The molecule has 1 atom stereocenters. The fraction of sp³-hybridized carbons (Fsp3) is 0.400. The Kier molecular flexibility index (Phi) is 3.63. The average Bonchev–Trinajstić information content (AvgIpc) is 2.70. The van der Waals surface area contributed by atoms with Crippen LogP contribution in [0.5, 0.6) is 0 Å². The molecule has 18 heavy (non-hydrogen) atoms. The molecular weight excluding hydrogens is 327 g/mol. The van der Waals surface area contributed by atoms with Gasteiger partial charge in [0.2, 0.25) is 10.0 Å². The molecule has 1 heterocycles. The highest BCUT2D eigenvalue weighted by Gasteiger charge is 2.34. The molecule has 2 rings (SSSR count). The lowest BCUT2D eigenvalue weighted by Crippen LogP contribution is -2.30. The number of sulfonamides is 1. The monoisotopic (exact) mass is 338 g/mol. The molecule has 0 aromatic heterocycles. The summed E-state index contributed by atoms with van der Waals surface area (Å²) in [5, 5.41) is 9.35. The van der Waals surface area contributed by atoms with Gasteiger partial charge in [-0.05, 0) is 34.5 Å². The van der Waals surface area contributed by atoms with Crippen molar-refractivity contribution < 1.29 is 17.9 Å². The number of hydrogen-bond acceptors (Lipinski definition) is 4. The van der Waals surface area contributed by atoms with Gasteiger partial charge < -0.3 is 10.8 Å². The summed E-state index contributed by atoms with van der Waals surface area (Å²) in [6, 6.07) is 2.38. The summed E-state index contributed by atoms with van der Waals surface area (Å²) >= 11 is 2.92. The van der Waals surface area contributed by atoms with Crippen LogP contribution in [-0.2, 0) is 10.0 Å². The van der Waals surface area contributed by atoms with Gasteiger partial charge in [0.15, 0.2) is 5.82 Å². The summed E-state index contributed by atoms with van der Waals surface area (Å²) in [5.74, 6) is -0.870. The number of anilines is 1. The largest absolute Gasteiger partial charge is 0.399 e. The van der Waals surface area contributed by atoms with Gasteiger partial charge >= 0.3 is 0 Å². The molecule has 1 aliphatic rings. The average molecular weight is 339 g/mol. The normalized spacial score (nSPS) is 21.4. The standard InChI is InChI=1S/C10H12BrFN2O3S/c11-8-3-6(13)4-9(10(8)12)18(16,17)14-2-1-7(15)5-14/h3-4,7,15H,1-2,5,13H2. The third-order valence-electron chi connectivity index (χ3n) is 2.76. The lowest BCUT2D eigenvalue weighted by atomic mass is 10.3. The Morgan fingerprint density at radius 2 is 2.17 bits per heavy atom. The smallest absolute Gasteiger partial charge is 0.246 e. The third kappa shape index (κ3) is 2.37. The van der Waals surface area contributed by atoms with Gasteiger partial charge in [0.1, 0.15) is 4.90 Å². The first-order valence-corrected chi connectivity index (χ1v) is 7.48. The van der Waals surface area contributed by atoms with Crippen molar-refractivity contribution in [2.75, 3.05) is 18.8 Å². The Balaban J connectivity index is 2.48. The molecule has 8 heteroatoms. The summed E-state index contributed by atoms with van der Waals surface area (Å²) in [5.41, 5.74) is 5.68. The molecule has 0 aliphatic carbocycles. The molecule has 0 radical (unpaired) electrons. The number of rotatable bonds is 2. The molecular formula is C10H12BrFN2O3S. The SMILES string of the molecule is Nc1cc(Br)c(F)c(S(=O)(=O)N2CCC(O)C2)c1. The van der Waals surface area contributed by atoms with E-state index in [9.17, 15) is 17.9 Å². The summed E-state index contributed by atoms with van der Waals surface area (Å²) in [4.78, 5) is -0.469. The van der Waals surface area contributed by atoms with E-state index in [0.29, 0.717) is 6.42 Å². The van der Waals surface area contributed by atoms with Crippen molar-refractivity contribution in [2.24, 2.45) is 0 Å². The second-order valence-corrected chi connectivity index (χ2v) is 6.88. The maximum absolute atomic E-state index is 13.9. The minimum atomic E-state index is -3.96. The van der Waals surface area contributed by atoms with E-state index in [-0.39, 0.29) is 23.2 Å². The van der Waals surface area contributed by atoms with Crippen molar-refractivity contribution in [1.82, 2.24) is 4.31 Å². The molecule has 1 saturated heterocycles. The number of aliphatic hydroxyl groups excluding tert-OH is 1. The zero-order valence-corrected chi connectivity index (χ0v) is 11.7. The predicted molar refractivity (Wildman–Crippen MR) is 67.9 cm³/mol. The van der Waals surface area contributed by atoms with Crippen LogP contribution in [-0.4, -0.2) is 37.0 Å². The number of nitrogens with zero attached hydrogens (tertiary/aromatic N) is 1. The van der Waals surface area contributed by atoms with Crippen molar-refractivity contribution in [3.05, 3.63) is 22.4 Å². The highest BCUT2D eigenvalue weighted by molar-refractivity contribution is 9.10. The molecule has 0 saturated carbocycles. The first-order chi connectivity index (χ1) is 8.32. The highest BCUT2D eigenvalue weighted by Crippen LogP contribution is 2.29. The molecule has 1 aliphatic heterocycles. The van der Waals surface area contributed by atoms with Gasteiger partial charge in [-0.15, -0.1) is 0 Å². The number of halogens is 2. The van der Waals surface area contributed by atoms with E-state index in [0.717, 1.165) is 10.4 Å². The van der Waals surface area contributed by atoms with Gasteiger partial charge in [0.05, 0.1) is 10.6 Å². The summed E-state index contributed by atoms with van der Waals surface area (Å²) < 4.78 is 39.3. The number of hydrogen-bond donors (Lipinski definition) is 2. The molecule has 1 unspecified atom stereocenters. The number of β-amino-alcohol motifs (C(OH)–C–C–N with tert-alkyl or cyclic N) is 1. The van der Waals surface area contributed by atoms with Gasteiger partial charge in [-0.2, -0.15) is 4.31 Å². The maximum Gasteiger partial charge on any atom is 0.246 e. The van der Waals surface area contributed by atoms with Crippen molar-refractivity contribution in [3.63, 3.8) is 0 Å². The van der Waals surface area contributed by atoms with E-state index < -0.39 is 26.8 Å². The first-order valence-electron chi connectivity index (χ1n) is 5.25. The number of nitrogen functional groups attached to an aromatic ring is 1. The first kappa shape index (κ1) is 13.7. The lowest BCUT2D eigenvalue weighted by molar-refractivity contribution is 0.189. The molecule has 3 N–H and O–H groups in total. The molecule has 1 fully saturated rings. The predicted octanol–water partition coefficient (Wildman–Crippen LogP) is 0.926. The van der Waals surface area contributed by atoms with E-state index in [1.165, 1.54) is 6.07 Å². The Bertz CT molecular complexity index is 579. The van der Waals surface area contributed by atoms with E-state index in [4.69, 9.17) is 5.73 Å². The fourth-order valence-corrected chi connectivity index (χ4v) is 4.06. The van der Waals surface area contributed by atoms with Crippen molar-refractivity contribution in [2.45, 2.75) is 17.4 Å². The van der Waals surface area contributed by atoms with E-state index in [1.54, 1.807) is 0 Å². The topological polar surface area (TPSA) is 83.6 Å². The lowest BCUT2D eigenvalue weighted by Gasteiger charge is -2.17. The Morgan fingerprint density at radius 1 is 1.50 bits per heavy atom. The fourth-order valence-electron chi connectivity index (χ4n) is 1.84.